The monoisotopic (exact) mass is 388 g/mol. The van der Waals surface area contributed by atoms with E-state index >= 15 is 0 Å². The Morgan fingerprint density at radius 3 is 2.56 bits per heavy atom. The number of halogens is 4. The van der Waals surface area contributed by atoms with Crippen molar-refractivity contribution in [2.45, 2.75) is 6.54 Å². The number of rotatable bonds is 3. The Kier molecular flexibility index (Phi) is 4.08. The Morgan fingerprint density at radius 1 is 1.04 bits per heavy atom. The molecule has 0 atom stereocenters. The highest BCUT2D eigenvalue weighted by molar-refractivity contribution is 6.32. The second-order valence-electron chi connectivity index (χ2n) is 6.17. The number of benzene rings is 3. The summed E-state index contributed by atoms with van der Waals surface area (Å²) in [6.07, 6.45) is 0. The summed E-state index contributed by atoms with van der Waals surface area (Å²) in [5.74, 6) is -3.88. The molecule has 136 valence electrons. The average Bonchev–Trinajstić information content (AvgIpc) is 2.92. The molecule has 0 saturated carbocycles. The molecule has 2 N–H and O–H groups in total. The topological polar surface area (TPSA) is 48.0 Å². The van der Waals surface area contributed by atoms with Crippen molar-refractivity contribution in [3.8, 4) is 0 Å². The van der Waals surface area contributed by atoms with E-state index in [0.29, 0.717) is 38.5 Å². The molecule has 1 aromatic heterocycles. The normalized spacial score (nSPS) is 11.4. The third-order valence-electron chi connectivity index (χ3n) is 4.52. The van der Waals surface area contributed by atoms with Crippen LogP contribution in [0.25, 0.3) is 21.8 Å². The van der Waals surface area contributed by atoms with Crippen LogP contribution in [0.2, 0.25) is 5.02 Å². The maximum absolute atomic E-state index is 14.2. The number of nitrogens with two attached hydrogens (primary N) is 1. The first-order chi connectivity index (χ1) is 12.9. The summed E-state index contributed by atoms with van der Waals surface area (Å²) in [5, 5.41) is 1.69. The molecule has 4 aromatic rings. The molecule has 1 heterocycles. The zero-order valence-electron chi connectivity index (χ0n) is 13.8. The van der Waals surface area contributed by atoms with E-state index in [2.05, 4.69) is 0 Å². The van der Waals surface area contributed by atoms with Crippen LogP contribution < -0.4 is 5.73 Å². The molecule has 0 aliphatic carbocycles. The first kappa shape index (κ1) is 17.4. The van der Waals surface area contributed by atoms with Gasteiger partial charge >= 0.3 is 0 Å². The summed E-state index contributed by atoms with van der Waals surface area (Å²) in [5.41, 5.74) is 6.80. The van der Waals surface area contributed by atoms with Crippen molar-refractivity contribution in [2.24, 2.45) is 5.73 Å². The zero-order chi connectivity index (χ0) is 19.3. The third-order valence-corrected chi connectivity index (χ3v) is 4.75. The number of fused-ring (bicyclic) bond motifs is 3. The number of carbonyl (C=O) groups is 1. The van der Waals surface area contributed by atoms with Gasteiger partial charge in [0.25, 0.3) is 0 Å². The van der Waals surface area contributed by atoms with Gasteiger partial charge < -0.3 is 10.3 Å². The highest BCUT2D eigenvalue weighted by atomic mass is 35.5. The Hall–Kier alpha value is -2.99. The van der Waals surface area contributed by atoms with E-state index in [1.807, 2.05) is 0 Å². The maximum Gasteiger partial charge on any atom is 0.249 e. The van der Waals surface area contributed by atoms with Gasteiger partial charge in [0.1, 0.15) is 5.82 Å². The summed E-state index contributed by atoms with van der Waals surface area (Å²) in [6.45, 7) is -0.150. The van der Waals surface area contributed by atoms with Crippen LogP contribution in [0, 0.1) is 17.5 Å². The molecule has 7 heteroatoms. The van der Waals surface area contributed by atoms with Crippen molar-refractivity contribution in [1.29, 1.82) is 0 Å². The minimum atomic E-state index is -1.26. The van der Waals surface area contributed by atoms with Crippen LogP contribution in [0.4, 0.5) is 13.2 Å². The van der Waals surface area contributed by atoms with Crippen LogP contribution in [0.1, 0.15) is 15.9 Å². The van der Waals surface area contributed by atoms with Crippen LogP contribution in [0.3, 0.4) is 0 Å². The van der Waals surface area contributed by atoms with Gasteiger partial charge in [0.05, 0.1) is 17.6 Å². The SMILES string of the molecule is NC(=O)c1cccc2c1c1ccc(Cl)cc1n2Cc1cc(F)cc(F)c1F. The molecule has 0 bridgehead atoms. The molecule has 1 amide bonds. The fourth-order valence-corrected chi connectivity index (χ4v) is 3.55. The molecule has 0 spiro atoms. The Bertz CT molecular complexity index is 1230. The number of hydrogen-bond acceptors (Lipinski definition) is 1. The van der Waals surface area contributed by atoms with Crippen LogP contribution in [-0.2, 0) is 6.54 Å². The summed E-state index contributed by atoms with van der Waals surface area (Å²) < 4.78 is 43.1. The molecule has 3 aromatic carbocycles. The van der Waals surface area contributed by atoms with Crippen molar-refractivity contribution in [1.82, 2.24) is 4.57 Å². The Morgan fingerprint density at radius 2 is 1.81 bits per heavy atom. The van der Waals surface area contributed by atoms with Gasteiger partial charge in [-0.25, -0.2) is 13.2 Å². The number of primary amides is 1. The first-order valence-corrected chi connectivity index (χ1v) is 8.38. The number of carbonyl (C=O) groups excluding carboxylic acids is 1. The van der Waals surface area contributed by atoms with Crippen LogP contribution in [-0.4, -0.2) is 10.5 Å². The molecular weight excluding hydrogens is 377 g/mol. The van der Waals surface area contributed by atoms with E-state index in [1.54, 1.807) is 41.0 Å². The summed E-state index contributed by atoms with van der Waals surface area (Å²) >= 11 is 6.11. The molecule has 0 aliphatic rings. The van der Waals surface area contributed by atoms with Gasteiger partial charge in [-0.3, -0.25) is 4.79 Å². The van der Waals surface area contributed by atoms with Crippen LogP contribution >= 0.6 is 11.6 Å². The maximum atomic E-state index is 14.2. The van der Waals surface area contributed by atoms with E-state index in [1.165, 1.54) is 0 Å². The number of nitrogens with zero attached hydrogens (tertiary/aromatic N) is 1. The highest BCUT2D eigenvalue weighted by Gasteiger charge is 2.19. The second-order valence-corrected chi connectivity index (χ2v) is 6.61. The predicted molar refractivity (Wildman–Crippen MR) is 98.4 cm³/mol. The van der Waals surface area contributed by atoms with Gasteiger partial charge in [-0.2, -0.15) is 0 Å². The van der Waals surface area contributed by atoms with Gasteiger partial charge in [-0.05, 0) is 30.3 Å². The predicted octanol–water partition coefficient (Wildman–Crippen LogP) is 5.01. The van der Waals surface area contributed by atoms with Crippen molar-refractivity contribution < 1.29 is 18.0 Å². The minimum Gasteiger partial charge on any atom is -0.366 e. The summed E-state index contributed by atoms with van der Waals surface area (Å²) in [6, 6.07) is 11.4. The smallest absolute Gasteiger partial charge is 0.249 e. The molecular formula is C20H12ClF3N2O. The molecule has 3 nitrogen and oxygen atoms in total. The highest BCUT2D eigenvalue weighted by Crippen LogP contribution is 2.34. The van der Waals surface area contributed by atoms with Crippen molar-refractivity contribution in [2.75, 3.05) is 0 Å². The van der Waals surface area contributed by atoms with Crippen LogP contribution in [0.5, 0.6) is 0 Å². The molecule has 0 fully saturated rings. The van der Waals surface area contributed by atoms with E-state index in [-0.39, 0.29) is 12.1 Å². The van der Waals surface area contributed by atoms with Gasteiger partial charge in [0.15, 0.2) is 11.6 Å². The van der Waals surface area contributed by atoms with Crippen LogP contribution in [0.15, 0.2) is 48.5 Å². The first-order valence-electron chi connectivity index (χ1n) is 8.00. The Labute approximate surface area is 156 Å². The zero-order valence-corrected chi connectivity index (χ0v) is 14.5. The van der Waals surface area contributed by atoms with Crippen molar-refractivity contribution >= 4 is 39.3 Å². The van der Waals surface area contributed by atoms with Gasteiger partial charge in [0.2, 0.25) is 5.91 Å². The number of amides is 1. The fourth-order valence-electron chi connectivity index (χ4n) is 3.39. The molecule has 0 saturated heterocycles. The van der Waals surface area contributed by atoms with Crippen molar-refractivity contribution in [3.63, 3.8) is 0 Å². The summed E-state index contributed by atoms with van der Waals surface area (Å²) in [4.78, 5) is 11.9. The van der Waals surface area contributed by atoms with E-state index in [4.69, 9.17) is 17.3 Å². The lowest BCUT2D eigenvalue weighted by Crippen LogP contribution is -2.11. The van der Waals surface area contributed by atoms with E-state index in [9.17, 15) is 18.0 Å². The molecule has 27 heavy (non-hydrogen) atoms. The lowest BCUT2D eigenvalue weighted by atomic mass is 10.1. The fraction of sp³-hybridized carbons (Fsp3) is 0.0500. The lowest BCUT2D eigenvalue weighted by molar-refractivity contribution is 0.100. The summed E-state index contributed by atoms with van der Waals surface area (Å²) in [7, 11) is 0. The number of aromatic nitrogens is 1. The molecule has 0 unspecified atom stereocenters. The van der Waals surface area contributed by atoms with Crippen molar-refractivity contribution in [3.05, 3.63) is 82.1 Å². The third kappa shape index (κ3) is 2.82. The average molecular weight is 389 g/mol. The van der Waals surface area contributed by atoms with Gasteiger partial charge in [-0.1, -0.05) is 23.7 Å². The Balaban J connectivity index is 2.06. The second kappa shape index (κ2) is 6.32. The van der Waals surface area contributed by atoms with E-state index in [0.717, 1.165) is 6.07 Å². The molecule has 0 radical (unpaired) electrons. The lowest BCUT2D eigenvalue weighted by Gasteiger charge is -2.10. The van der Waals surface area contributed by atoms with Gasteiger partial charge in [0, 0.05) is 33.0 Å². The molecule has 0 aliphatic heterocycles. The molecule has 4 rings (SSSR count). The van der Waals surface area contributed by atoms with E-state index < -0.39 is 23.4 Å². The number of hydrogen-bond donors (Lipinski definition) is 1. The largest absolute Gasteiger partial charge is 0.366 e. The standard InChI is InChI=1S/C20H12ClF3N2O/c21-11-4-5-13-17(7-11)26(9-10-6-12(22)8-15(23)19(10)24)16-3-1-2-14(18(13)16)20(25)27/h1-8H,9H2,(H2,25,27). The van der Waals surface area contributed by atoms with Gasteiger partial charge in [-0.15, -0.1) is 0 Å². The quantitative estimate of drug-likeness (QED) is 0.493. The minimum absolute atomic E-state index is 0.150.